The Hall–Kier alpha value is -0.330. The second-order valence-corrected chi connectivity index (χ2v) is 4.68. The van der Waals surface area contributed by atoms with Crippen molar-refractivity contribution >= 4 is 16.9 Å². The second kappa shape index (κ2) is 6.56. The van der Waals surface area contributed by atoms with Crippen LogP contribution in [0.4, 0.5) is 22.0 Å². The van der Waals surface area contributed by atoms with Gasteiger partial charge in [-0.3, -0.25) is 4.79 Å². The third-order valence-electron chi connectivity index (χ3n) is 2.21. The number of hydrogen-bond acceptors (Lipinski definition) is 2. The molecule has 1 unspecified atom stereocenters. The Balaban J connectivity index is 4.40. The fraction of sp³-hybridized carbons (Fsp3) is 0.900. The van der Waals surface area contributed by atoms with Gasteiger partial charge in [-0.25, -0.2) is 4.39 Å². The molecule has 0 aromatic heterocycles. The number of alkyl halides is 5. The van der Waals surface area contributed by atoms with Crippen LogP contribution in [0.1, 0.15) is 33.1 Å². The number of halogens is 5. The van der Waals surface area contributed by atoms with Gasteiger partial charge in [0.05, 0.1) is 0 Å². The molecule has 1 atom stereocenters. The monoisotopic (exact) mass is 278 g/mol. The van der Waals surface area contributed by atoms with E-state index < -0.39 is 36.6 Å². The molecule has 0 spiro atoms. The molecular weight excluding hydrogens is 263 g/mol. The predicted octanol–water partition coefficient (Wildman–Crippen LogP) is 4.07. The number of carbonyl (C=O) groups excluding carboxylic acids is 1. The van der Waals surface area contributed by atoms with Crippen molar-refractivity contribution in [1.29, 1.82) is 0 Å². The summed E-state index contributed by atoms with van der Waals surface area (Å²) in [7, 11) is 0. The minimum absolute atomic E-state index is 0.146. The Morgan fingerprint density at radius 3 is 2.18 bits per heavy atom. The highest BCUT2D eigenvalue weighted by molar-refractivity contribution is 8.13. The van der Waals surface area contributed by atoms with Gasteiger partial charge in [0.15, 0.2) is 11.3 Å². The van der Waals surface area contributed by atoms with Gasteiger partial charge in [-0.15, -0.1) is 0 Å². The highest BCUT2D eigenvalue weighted by atomic mass is 32.2. The van der Waals surface area contributed by atoms with Crippen molar-refractivity contribution in [3.05, 3.63) is 0 Å². The summed E-state index contributed by atoms with van der Waals surface area (Å²) in [6.45, 7) is 2.61. The minimum atomic E-state index is -4.68. The average Bonchev–Trinajstić information content (AvgIpc) is 2.26. The zero-order valence-electron chi connectivity index (χ0n) is 9.61. The fourth-order valence-electron chi connectivity index (χ4n) is 1.05. The molecule has 0 amide bonds. The van der Waals surface area contributed by atoms with Crippen LogP contribution >= 0.6 is 11.8 Å². The van der Waals surface area contributed by atoms with E-state index in [9.17, 15) is 26.7 Å². The molecule has 0 heterocycles. The van der Waals surface area contributed by atoms with Crippen LogP contribution in [0.2, 0.25) is 0 Å². The normalized spacial score (nSPS) is 14.8. The van der Waals surface area contributed by atoms with Gasteiger partial charge in [-0.1, -0.05) is 25.6 Å². The third-order valence-corrected chi connectivity index (χ3v) is 3.23. The van der Waals surface area contributed by atoms with Gasteiger partial charge >= 0.3 is 11.8 Å². The van der Waals surface area contributed by atoms with E-state index in [0.29, 0.717) is 11.8 Å². The van der Waals surface area contributed by atoms with Crippen molar-refractivity contribution in [2.75, 3.05) is 5.75 Å². The van der Waals surface area contributed by atoms with E-state index in [1.807, 2.05) is 0 Å². The quantitative estimate of drug-likeness (QED) is 0.653. The second-order valence-electron chi connectivity index (χ2n) is 3.53. The first-order valence-electron chi connectivity index (χ1n) is 5.24. The van der Waals surface area contributed by atoms with Gasteiger partial charge < -0.3 is 0 Å². The molecule has 0 saturated heterocycles. The summed E-state index contributed by atoms with van der Waals surface area (Å²) in [4.78, 5) is 10.8. The number of rotatable bonds is 7. The van der Waals surface area contributed by atoms with Crippen LogP contribution in [-0.2, 0) is 4.79 Å². The Kier molecular flexibility index (Phi) is 6.43. The molecular formula is C10H15F5OS. The molecule has 0 bridgehead atoms. The zero-order valence-corrected chi connectivity index (χ0v) is 10.4. The van der Waals surface area contributed by atoms with Gasteiger partial charge in [0.25, 0.3) is 0 Å². The van der Waals surface area contributed by atoms with E-state index in [1.165, 1.54) is 6.92 Å². The molecule has 17 heavy (non-hydrogen) atoms. The molecule has 0 fully saturated rings. The zero-order chi connectivity index (χ0) is 13.7. The van der Waals surface area contributed by atoms with Crippen molar-refractivity contribution in [2.45, 2.75) is 51.1 Å². The molecule has 0 aliphatic carbocycles. The summed E-state index contributed by atoms with van der Waals surface area (Å²) in [5, 5.41) is -0.351. The van der Waals surface area contributed by atoms with E-state index in [0.717, 1.165) is 6.92 Å². The highest BCUT2D eigenvalue weighted by Crippen LogP contribution is 2.42. The molecule has 7 heteroatoms. The summed E-state index contributed by atoms with van der Waals surface area (Å²) in [6, 6.07) is 0. The minimum Gasteiger partial charge on any atom is -0.287 e. The van der Waals surface area contributed by atoms with E-state index in [-0.39, 0.29) is 11.5 Å². The van der Waals surface area contributed by atoms with Gasteiger partial charge in [0, 0.05) is 18.6 Å². The first-order chi connectivity index (χ1) is 7.69. The van der Waals surface area contributed by atoms with Crippen molar-refractivity contribution < 1.29 is 26.7 Å². The molecule has 0 radical (unpaired) electrons. The Morgan fingerprint density at radius 1 is 1.24 bits per heavy atom. The molecule has 0 aliphatic heterocycles. The Labute approximate surface area is 101 Å². The number of hydrogen-bond donors (Lipinski definition) is 0. The first-order valence-corrected chi connectivity index (χ1v) is 6.22. The number of carbonyl (C=O) groups is 1. The molecule has 1 nitrogen and oxygen atoms in total. The van der Waals surface area contributed by atoms with Crippen molar-refractivity contribution in [1.82, 2.24) is 0 Å². The van der Waals surface area contributed by atoms with Gasteiger partial charge in [0.2, 0.25) is 0 Å². The van der Waals surface area contributed by atoms with Crippen LogP contribution in [0, 0.1) is 0 Å². The van der Waals surface area contributed by atoms with Gasteiger partial charge in [0.1, 0.15) is 0 Å². The molecule has 0 aliphatic rings. The van der Waals surface area contributed by atoms with E-state index >= 15 is 0 Å². The lowest BCUT2D eigenvalue weighted by atomic mass is 10.0. The maximum Gasteiger partial charge on any atom is 0.340 e. The average molecular weight is 278 g/mol. The smallest absolute Gasteiger partial charge is 0.287 e. The molecule has 0 aromatic carbocycles. The molecule has 0 rings (SSSR count). The van der Waals surface area contributed by atoms with Crippen LogP contribution in [0.25, 0.3) is 0 Å². The first kappa shape index (κ1) is 16.7. The summed E-state index contributed by atoms with van der Waals surface area (Å²) in [5.41, 5.74) is 0. The summed E-state index contributed by atoms with van der Waals surface area (Å²) in [6.07, 6.45) is -4.61. The molecule has 0 N–H and O–H groups in total. The van der Waals surface area contributed by atoms with Gasteiger partial charge in [-0.05, 0) is 6.42 Å². The summed E-state index contributed by atoms with van der Waals surface area (Å²) in [5.74, 6) is -9.55. The lowest BCUT2D eigenvalue weighted by molar-refractivity contribution is -0.239. The van der Waals surface area contributed by atoms with E-state index in [2.05, 4.69) is 0 Å². The fourth-order valence-corrected chi connectivity index (χ4v) is 1.84. The van der Waals surface area contributed by atoms with E-state index in [4.69, 9.17) is 0 Å². The maximum absolute atomic E-state index is 13.1. The van der Waals surface area contributed by atoms with Crippen LogP contribution in [0.5, 0.6) is 0 Å². The van der Waals surface area contributed by atoms with Crippen molar-refractivity contribution in [3.63, 3.8) is 0 Å². The SMILES string of the molecule is CCC(=O)SCCC(F)(F)C(F)(F)C(F)CC. The predicted molar refractivity (Wildman–Crippen MR) is 57.5 cm³/mol. The largest absolute Gasteiger partial charge is 0.340 e. The maximum atomic E-state index is 13.1. The molecule has 0 saturated carbocycles. The van der Waals surface area contributed by atoms with Crippen LogP contribution in [0.3, 0.4) is 0 Å². The van der Waals surface area contributed by atoms with Crippen molar-refractivity contribution in [3.8, 4) is 0 Å². The lowest BCUT2D eigenvalue weighted by Crippen LogP contribution is -2.48. The Morgan fingerprint density at radius 2 is 1.76 bits per heavy atom. The third kappa shape index (κ3) is 4.44. The highest BCUT2D eigenvalue weighted by Gasteiger charge is 2.60. The van der Waals surface area contributed by atoms with Crippen LogP contribution in [-0.4, -0.2) is 28.9 Å². The van der Waals surface area contributed by atoms with Crippen LogP contribution in [0.15, 0.2) is 0 Å². The summed E-state index contributed by atoms with van der Waals surface area (Å²) < 4.78 is 64.9. The van der Waals surface area contributed by atoms with Crippen LogP contribution < -0.4 is 0 Å². The van der Waals surface area contributed by atoms with Crippen molar-refractivity contribution in [2.24, 2.45) is 0 Å². The van der Waals surface area contributed by atoms with Gasteiger partial charge in [-0.2, -0.15) is 17.6 Å². The van der Waals surface area contributed by atoms with E-state index in [1.54, 1.807) is 0 Å². The Bertz CT molecular complexity index is 257. The molecule has 0 aromatic rings. The topological polar surface area (TPSA) is 17.1 Å². The number of thioether (sulfide) groups is 1. The standard InChI is InChI=1S/C10H15F5OS/c1-3-7(11)10(14,15)9(12,13)5-6-17-8(16)4-2/h7H,3-6H2,1-2H3. The lowest BCUT2D eigenvalue weighted by Gasteiger charge is -2.28. The molecule has 102 valence electrons. The summed E-state index contributed by atoms with van der Waals surface area (Å²) >= 11 is 0.564.